The molecule has 0 aromatic heterocycles. The molecule has 0 spiro atoms. The first kappa shape index (κ1) is 24.3. The minimum Gasteiger partial charge on any atom is -0.342 e. The lowest BCUT2D eigenvalue weighted by Gasteiger charge is -2.35. The topological polar surface area (TPSA) is 81.2 Å². The SMILES string of the molecule is CCN(CC)C(=O)CN1CCN(C(=O)c2ccc(S(=O)(=O)N(CC)CC)cc2)CC1. The van der Waals surface area contributed by atoms with E-state index in [1.165, 1.54) is 16.4 Å². The van der Waals surface area contributed by atoms with Crippen molar-refractivity contribution >= 4 is 21.8 Å². The minimum absolute atomic E-state index is 0.114. The second-order valence-electron chi connectivity index (χ2n) is 7.25. The summed E-state index contributed by atoms with van der Waals surface area (Å²) in [6, 6.07) is 6.16. The highest BCUT2D eigenvalue weighted by Gasteiger charge is 2.25. The number of nitrogens with zero attached hydrogens (tertiary/aromatic N) is 4. The van der Waals surface area contributed by atoms with Crippen LogP contribution in [0.4, 0.5) is 0 Å². The third kappa shape index (κ3) is 5.59. The molecular formula is C21H34N4O4S. The van der Waals surface area contributed by atoms with Gasteiger partial charge in [0, 0.05) is 57.9 Å². The van der Waals surface area contributed by atoms with Crippen LogP contribution >= 0.6 is 0 Å². The lowest BCUT2D eigenvalue weighted by atomic mass is 10.2. The molecule has 0 bridgehead atoms. The summed E-state index contributed by atoms with van der Waals surface area (Å²) in [4.78, 5) is 30.9. The number of likely N-dealkylation sites (N-methyl/N-ethyl adjacent to an activating group) is 1. The number of hydrogen-bond acceptors (Lipinski definition) is 5. The van der Waals surface area contributed by atoms with Crippen molar-refractivity contribution in [2.24, 2.45) is 0 Å². The fourth-order valence-corrected chi connectivity index (χ4v) is 5.10. The van der Waals surface area contributed by atoms with Crippen molar-refractivity contribution in [1.82, 2.24) is 19.0 Å². The molecule has 0 radical (unpaired) electrons. The molecular weight excluding hydrogens is 404 g/mol. The molecule has 168 valence electrons. The van der Waals surface area contributed by atoms with E-state index in [1.807, 2.05) is 18.7 Å². The van der Waals surface area contributed by atoms with E-state index in [4.69, 9.17) is 0 Å². The van der Waals surface area contributed by atoms with Crippen molar-refractivity contribution < 1.29 is 18.0 Å². The van der Waals surface area contributed by atoms with Crippen molar-refractivity contribution in [2.45, 2.75) is 32.6 Å². The van der Waals surface area contributed by atoms with Crippen LogP contribution in [0.3, 0.4) is 0 Å². The van der Waals surface area contributed by atoms with E-state index >= 15 is 0 Å². The summed E-state index contributed by atoms with van der Waals surface area (Å²) in [5, 5.41) is 0. The van der Waals surface area contributed by atoms with Gasteiger partial charge in [0.2, 0.25) is 15.9 Å². The van der Waals surface area contributed by atoms with Crippen LogP contribution in [-0.2, 0) is 14.8 Å². The van der Waals surface area contributed by atoms with E-state index in [9.17, 15) is 18.0 Å². The Bertz CT molecular complexity index is 810. The number of amides is 2. The largest absolute Gasteiger partial charge is 0.342 e. The molecule has 0 N–H and O–H groups in total. The molecule has 1 heterocycles. The van der Waals surface area contributed by atoms with Crippen LogP contribution in [0.1, 0.15) is 38.1 Å². The van der Waals surface area contributed by atoms with Gasteiger partial charge in [-0.05, 0) is 38.1 Å². The van der Waals surface area contributed by atoms with E-state index in [0.29, 0.717) is 64.5 Å². The predicted octanol–water partition coefficient (Wildman–Crippen LogP) is 1.34. The molecule has 1 fully saturated rings. The number of carbonyl (C=O) groups is 2. The van der Waals surface area contributed by atoms with Crippen molar-refractivity contribution in [2.75, 3.05) is 58.9 Å². The fraction of sp³-hybridized carbons (Fsp3) is 0.619. The molecule has 30 heavy (non-hydrogen) atoms. The zero-order valence-electron chi connectivity index (χ0n) is 18.5. The third-order valence-electron chi connectivity index (χ3n) is 5.58. The van der Waals surface area contributed by atoms with E-state index in [-0.39, 0.29) is 16.7 Å². The van der Waals surface area contributed by atoms with Gasteiger partial charge >= 0.3 is 0 Å². The summed E-state index contributed by atoms with van der Waals surface area (Å²) in [6.07, 6.45) is 0. The van der Waals surface area contributed by atoms with Gasteiger partial charge in [0.25, 0.3) is 5.91 Å². The van der Waals surface area contributed by atoms with Gasteiger partial charge in [0.1, 0.15) is 0 Å². The third-order valence-corrected chi connectivity index (χ3v) is 7.64. The summed E-state index contributed by atoms with van der Waals surface area (Å²) in [7, 11) is -3.53. The molecule has 1 aromatic rings. The van der Waals surface area contributed by atoms with Crippen molar-refractivity contribution in [3.63, 3.8) is 0 Å². The van der Waals surface area contributed by atoms with Crippen LogP contribution in [0.25, 0.3) is 0 Å². The van der Waals surface area contributed by atoms with Crippen LogP contribution in [0.15, 0.2) is 29.2 Å². The maximum atomic E-state index is 12.8. The second kappa shape index (κ2) is 10.9. The van der Waals surface area contributed by atoms with Crippen LogP contribution in [0.5, 0.6) is 0 Å². The first-order chi connectivity index (χ1) is 14.3. The molecule has 0 atom stereocenters. The molecule has 0 saturated carbocycles. The summed E-state index contributed by atoms with van der Waals surface area (Å²) in [5.74, 6) is 0.00119. The van der Waals surface area contributed by atoms with Gasteiger partial charge in [0.05, 0.1) is 11.4 Å². The Morgan fingerprint density at radius 2 is 1.40 bits per heavy atom. The lowest BCUT2D eigenvalue weighted by Crippen LogP contribution is -2.51. The number of sulfonamides is 1. The van der Waals surface area contributed by atoms with Crippen LogP contribution in [-0.4, -0.2) is 98.1 Å². The number of hydrogen-bond donors (Lipinski definition) is 0. The van der Waals surface area contributed by atoms with Crippen LogP contribution < -0.4 is 0 Å². The molecule has 9 heteroatoms. The normalized spacial score (nSPS) is 15.4. The number of benzene rings is 1. The van der Waals surface area contributed by atoms with Crippen molar-refractivity contribution in [3.8, 4) is 0 Å². The number of carbonyl (C=O) groups excluding carboxylic acids is 2. The Morgan fingerprint density at radius 1 is 0.867 bits per heavy atom. The highest BCUT2D eigenvalue weighted by molar-refractivity contribution is 7.89. The first-order valence-corrected chi connectivity index (χ1v) is 12.1. The minimum atomic E-state index is -3.53. The molecule has 8 nitrogen and oxygen atoms in total. The molecule has 0 unspecified atom stereocenters. The smallest absolute Gasteiger partial charge is 0.253 e. The Labute approximate surface area is 180 Å². The van der Waals surface area contributed by atoms with Gasteiger partial charge in [-0.25, -0.2) is 8.42 Å². The molecule has 1 aliphatic rings. The zero-order valence-corrected chi connectivity index (χ0v) is 19.3. The fourth-order valence-electron chi connectivity index (χ4n) is 3.64. The van der Waals surface area contributed by atoms with Crippen LogP contribution in [0, 0.1) is 0 Å². The quantitative estimate of drug-likeness (QED) is 0.581. The van der Waals surface area contributed by atoms with Gasteiger partial charge in [-0.3, -0.25) is 14.5 Å². The van der Waals surface area contributed by atoms with Gasteiger partial charge in [0.15, 0.2) is 0 Å². The molecule has 0 aliphatic carbocycles. The Morgan fingerprint density at radius 3 is 1.87 bits per heavy atom. The molecule has 2 amide bonds. The monoisotopic (exact) mass is 438 g/mol. The number of rotatable bonds is 9. The standard InChI is InChI=1S/C21H34N4O4S/c1-5-23(6-2)20(26)17-22-13-15-24(16-14-22)21(27)18-9-11-19(12-10-18)30(28,29)25(7-3)8-4/h9-12H,5-8,13-17H2,1-4H3. The van der Waals surface area contributed by atoms with E-state index in [2.05, 4.69) is 4.90 Å². The van der Waals surface area contributed by atoms with E-state index < -0.39 is 10.0 Å². The highest BCUT2D eigenvalue weighted by Crippen LogP contribution is 2.17. The summed E-state index contributed by atoms with van der Waals surface area (Å²) in [5.41, 5.74) is 0.473. The lowest BCUT2D eigenvalue weighted by molar-refractivity contribution is -0.132. The Hall–Kier alpha value is -1.97. The van der Waals surface area contributed by atoms with Crippen molar-refractivity contribution in [1.29, 1.82) is 0 Å². The molecule has 1 saturated heterocycles. The Balaban J connectivity index is 1.96. The van der Waals surface area contributed by atoms with Gasteiger partial charge in [-0.1, -0.05) is 13.8 Å². The summed E-state index contributed by atoms with van der Waals surface area (Å²) >= 11 is 0. The average molecular weight is 439 g/mol. The molecule has 2 rings (SSSR count). The number of piperazine rings is 1. The molecule has 1 aliphatic heterocycles. The predicted molar refractivity (Wildman–Crippen MR) is 117 cm³/mol. The van der Waals surface area contributed by atoms with Gasteiger partial charge in [-0.2, -0.15) is 4.31 Å². The van der Waals surface area contributed by atoms with Crippen LogP contribution in [0.2, 0.25) is 0 Å². The van der Waals surface area contributed by atoms with Crippen molar-refractivity contribution in [3.05, 3.63) is 29.8 Å². The van der Waals surface area contributed by atoms with E-state index in [1.54, 1.807) is 30.9 Å². The van der Waals surface area contributed by atoms with Gasteiger partial charge < -0.3 is 9.80 Å². The van der Waals surface area contributed by atoms with Gasteiger partial charge in [-0.15, -0.1) is 0 Å². The summed E-state index contributed by atoms with van der Waals surface area (Å²) in [6.45, 7) is 12.5. The Kier molecular flexibility index (Phi) is 8.81. The average Bonchev–Trinajstić information content (AvgIpc) is 2.75. The summed E-state index contributed by atoms with van der Waals surface area (Å²) < 4.78 is 26.6. The maximum absolute atomic E-state index is 12.8. The maximum Gasteiger partial charge on any atom is 0.253 e. The molecule has 1 aromatic carbocycles. The zero-order chi connectivity index (χ0) is 22.3. The first-order valence-electron chi connectivity index (χ1n) is 10.7. The second-order valence-corrected chi connectivity index (χ2v) is 9.19. The van der Waals surface area contributed by atoms with E-state index in [0.717, 1.165) is 0 Å². The highest BCUT2D eigenvalue weighted by atomic mass is 32.2.